The van der Waals surface area contributed by atoms with Gasteiger partial charge in [0, 0.05) is 12.8 Å². The topological polar surface area (TPSA) is 59.1 Å². The number of carbonyl (C=O) groups excluding carboxylic acids is 1. The molecule has 2 aromatic rings. The van der Waals surface area contributed by atoms with Crippen LogP contribution in [0.2, 0.25) is 0 Å². The van der Waals surface area contributed by atoms with Gasteiger partial charge in [0.2, 0.25) is 5.60 Å². The number of aryl methyl sites for hydroxylation is 2. The Hall–Kier alpha value is -2.21. The minimum atomic E-state index is -1.83. The largest absolute Gasteiger partial charge is 0.459 e. The molecule has 2 aromatic carbocycles. The predicted octanol–water partition coefficient (Wildman–Crippen LogP) is 2.84. The van der Waals surface area contributed by atoms with Gasteiger partial charge in [-0.05, 0) is 25.0 Å². The monoisotopic (exact) mass is 420 g/mol. The zero-order chi connectivity index (χ0) is 21.8. The Morgan fingerprint density at radius 1 is 1.03 bits per heavy atom. The molecule has 3 saturated heterocycles. The molecule has 3 unspecified atom stereocenters. The highest BCUT2D eigenvalue weighted by Gasteiger charge is 2.97. The van der Waals surface area contributed by atoms with E-state index in [9.17, 15) is 9.90 Å². The van der Waals surface area contributed by atoms with E-state index in [0.29, 0.717) is 35.2 Å². The van der Waals surface area contributed by atoms with Crippen LogP contribution < -0.4 is 0 Å². The van der Waals surface area contributed by atoms with Crippen LogP contribution >= 0.6 is 0 Å². The molecule has 0 amide bonds. The summed E-state index contributed by atoms with van der Waals surface area (Å²) in [5, 5.41) is 11.8. The van der Waals surface area contributed by atoms with Crippen LogP contribution in [0.3, 0.4) is 0 Å². The lowest BCUT2D eigenvalue weighted by Gasteiger charge is -2.45. The zero-order valence-electron chi connectivity index (χ0n) is 18.5. The maximum atomic E-state index is 13.6. The van der Waals surface area contributed by atoms with Crippen molar-refractivity contribution in [1.29, 1.82) is 0 Å². The van der Waals surface area contributed by atoms with E-state index in [1.165, 1.54) is 0 Å². The molecule has 31 heavy (non-hydrogen) atoms. The number of fused-ring (bicyclic) bond motifs is 4. The lowest BCUT2D eigenvalue weighted by Crippen LogP contribution is -2.60. The molecule has 5 nitrogen and oxygen atoms in total. The fourth-order valence-corrected chi connectivity index (χ4v) is 6.61. The molecule has 4 aliphatic rings. The van der Waals surface area contributed by atoms with Crippen LogP contribution in [-0.2, 0) is 19.9 Å². The van der Waals surface area contributed by atoms with E-state index in [1.807, 2.05) is 62.4 Å². The Labute approximate surface area is 183 Å². The van der Waals surface area contributed by atoms with Gasteiger partial charge in [0.05, 0.1) is 20.0 Å². The Morgan fingerprint density at radius 3 is 2.06 bits per heavy atom. The molecular weight excluding hydrogens is 390 g/mol. The summed E-state index contributed by atoms with van der Waals surface area (Å²) in [6.45, 7) is 3.98. The average molecular weight is 421 g/mol. The third-order valence-electron chi connectivity index (χ3n) is 8.55. The molecule has 3 heterocycles. The second-order valence-corrected chi connectivity index (χ2v) is 10.6. The molecule has 1 aliphatic carbocycles. The summed E-state index contributed by atoms with van der Waals surface area (Å²) in [6.07, 6.45) is 1.88. The molecule has 6 atom stereocenters. The van der Waals surface area contributed by atoms with Crippen LogP contribution in [-0.4, -0.2) is 59.5 Å². The summed E-state index contributed by atoms with van der Waals surface area (Å²) in [7, 11) is 4.56. The van der Waals surface area contributed by atoms with Crippen LogP contribution in [0.15, 0.2) is 48.5 Å². The second-order valence-electron chi connectivity index (χ2n) is 10.6. The minimum absolute atomic E-state index is 0.0551. The van der Waals surface area contributed by atoms with Crippen LogP contribution in [0.25, 0.3) is 0 Å². The van der Waals surface area contributed by atoms with Crippen LogP contribution in [0.1, 0.15) is 35.1 Å². The van der Waals surface area contributed by atoms with Gasteiger partial charge in [0.1, 0.15) is 24.3 Å². The number of benzene rings is 2. The van der Waals surface area contributed by atoms with Crippen molar-refractivity contribution in [3.63, 3.8) is 0 Å². The molecule has 1 saturated carbocycles. The van der Waals surface area contributed by atoms with Crippen molar-refractivity contribution in [2.75, 3.05) is 14.1 Å². The van der Waals surface area contributed by atoms with E-state index >= 15 is 0 Å². The van der Waals surface area contributed by atoms with E-state index < -0.39 is 11.6 Å². The highest BCUT2D eigenvalue weighted by molar-refractivity contribution is 5.85. The van der Waals surface area contributed by atoms with Gasteiger partial charge in [-0.1, -0.05) is 59.7 Å². The first-order valence-electron chi connectivity index (χ1n) is 11.3. The second kappa shape index (κ2) is 5.97. The molecule has 3 aliphatic heterocycles. The molecule has 2 bridgehead atoms. The van der Waals surface area contributed by atoms with Gasteiger partial charge in [-0.3, -0.25) is 0 Å². The third kappa shape index (κ3) is 2.45. The van der Waals surface area contributed by atoms with Gasteiger partial charge in [-0.15, -0.1) is 0 Å². The quantitative estimate of drug-likeness (QED) is 0.470. The van der Waals surface area contributed by atoms with Gasteiger partial charge >= 0.3 is 5.97 Å². The lowest BCUT2D eigenvalue weighted by atomic mass is 9.85. The zero-order valence-corrected chi connectivity index (χ0v) is 18.5. The number of epoxide rings is 1. The SMILES string of the molecule is Cc1ccc(C(O)(C(=O)O[C@H]2CC3C4[C@@H]5O[C@]45C(C2)[N+]3(C)C)c2ccc(C)cc2)cc1. The highest BCUT2D eigenvalue weighted by atomic mass is 16.7. The number of piperidine rings is 2. The summed E-state index contributed by atoms with van der Waals surface area (Å²) >= 11 is 0. The molecule has 6 rings (SSSR count). The number of ether oxygens (including phenoxy) is 2. The van der Waals surface area contributed by atoms with Gasteiger partial charge in [-0.25, -0.2) is 4.79 Å². The molecule has 5 heteroatoms. The van der Waals surface area contributed by atoms with Crippen molar-refractivity contribution >= 4 is 5.97 Å². The summed E-state index contributed by atoms with van der Waals surface area (Å²) in [4.78, 5) is 13.6. The van der Waals surface area contributed by atoms with Crippen molar-refractivity contribution in [3.8, 4) is 0 Å². The number of carbonyl (C=O) groups is 1. The Morgan fingerprint density at radius 2 is 1.58 bits per heavy atom. The summed E-state index contributed by atoms with van der Waals surface area (Å²) in [6, 6.07) is 15.8. The maximum Gasteiger partial charge on any atom is 0.347 e. The summed E-state index contributed by atoms with van der Waals surface area (Å²) < 4.78 is 13.0. The fraction of sp³-hybridized carbons (Fsp3) is 0.500. The smallest absolute Gasteiger partial charge is 0.347 e. The number of esters is 1. The number of aliphatic hydroxyl groups is 1. The Kier molecular flexibility index (Phi) is 3.75. The first kappa shape index (κ1) is 19.5. The van der Waals surface area contributed by atoms with Crippen LogP contribution in [0.5, 0.6) is 0 Å². The fourth-order valence-electron chi connectivity index (χ4n) is 6.61. The first-order chi connectivity index (χ1) is 14.7. The van der Waals surface area contributed by atoms with E-state index in [0.717, 1.165) is 28.5 Å². The van der Waals surface area contributed by atoms with Crippen molar-refractivity contribution in [1.82, 2.24) is 0 Å². The average Bonchev–Trinajstić information content (AvgIpc) is 3.59. The van der Waals surface area contributed by atoms with Gasteiger partial charge in [0.15, 0.2) is 5.60 Å². The molecule has 1 N–H and O–H groups in total. The predicted molar refractivity (Wildman–Crippen MR) is 115 cm³/mol. The number of hydrogen-bond donors (Lipinski definition) is 1. The maximum absolute atomic E-state index is 13.6. The minimum Gasteiger partial charge on any atom is -0.459 e. The van der Waals surface area contributed by atoms with Crippen molar-refractivity contribution in [3.05, 3.63) is 70.8 Å². The lowest BCUT2D eigenvalue weighted by molar-refractivity contribution is -0.936. The normalized spacial score (nSPS) is 36.4. The van der Waals surface area contributed by atoms with Gasteiger partial charge < -0.3 is 19.1 Å². The molecular formula is C26H30NO4+. The van der Waals surface area contributed by atoms with E-state index in [2.05, 4.69) is 14.1 Å². The van der Waals surface area contributed by atoms with E-state index in [1.54, 1.807) is 0 Å². The summed E-state index contributed by atoms with van der Waals surface area (Å²) in [5.41, 5.74) is 1.44. The number of rotatable bonds is 4. The van der Waals surface area contributed by atoms with E-state index in [4.69, 9.17) is 9.47 Å². The van der Waals surface area contributed by atoms with Crippen molar-refractivity contribution in [2.45, 2.75) is 62.2 Å². The molecule has 1 spiro atoms. The summed E-state index contributed by atoms with van der Waals surface area (Å²) in [5.74, 6) is 0.0283. The Balaban J connectivity index is 1.30. The number of likely N-dealkylation sites (N-methyl/N-ethyl adjacent to an activating group) is 1. The molecule has 0 aromatic heterocycles. The molecule has 4 fully saturated rings. The first-order valence-corrected chi connectivity index (χ1v) is 11.3. The third-order valence-corrected chi connectivity index (χ3v) is 8.55. The number of quaternary nitrogens is 1. The highest BCUT2D eigenvalue weighted by Crippen LogP contribution is 2.77. The van der Waals surface area contributed by atoms with Crippen LogP contribution in [0.4, 0.5) is 0 Å². The van der Waals surface area contributed by atoms with Crippen molar-refractivity contribution < 1.29 is 23.9 Å². The van der Waals surface area contributed by atoms with Crippen molar-refractivity contribution in [2.24, 2.45) is 5.92 Å². The number of hydrogen-bond acceptors (Lipinski definition) is 4. The van der Waals surface area contributed by atoms with E-state index in [-0.39, 0.29) is 11.7 Å². The Bertz CT molecular complexity index is 1010. The van der Waals surface area contributed by atoms with Crippen LogP contribution in [0, 0.1) is 19.8 Å². The molecule has 0 radical (unpaired) electrons. The van der Waals surface area contributed by atoms with Gasteiger partial charge in [0.25, 0.3) is 0 Å². The van der Waals surface area contributed by atoms with Gasteiger partial charge in [-0.2, -0.15) is 0 Å². The number of nitrogens with zero attached hydrogens (tertiary/aromatic N) is 1. The molecule has 162 valence electrons. The standard InChI is InChI=1S/C26H30NO4/c1-15-5-9-17(10-6-15)25(29,18-11-7-16(2)8-12-18)24(28)30-19-13-20-22-23-26(22,31-23)21(14-19)27(20,3)4/h5-12,19-23,29H,13-14H2,1-4H3/q+1/t19-,20?,21?,22?,23-,26+/m0/s1.